The molecule has 176 valence electrons. The first-order valence-corrected chi connectivity index (χ1v) is 10.9. The third-order valence-electron chi connectivity index (χ3n) is 5.79. The average Bonchev–Trinajstić information content (AvgIpc) is 3.31. The minimum atomic E-state index is 0.682. The Labute approximate surface area is 200 Å². The molecule has 0 bridgehead atoms. The van der Waals surface area contributed by atoms with Crippen molar-refractivity contribution in [1.29, 1.82) is 0 Å². The van der Waals surface area contributed by atoms with Crippen LogP contribution in [0.15, 0.2) is 73.1 Å². The zero-order valence-corrected chi connectivity index (χ0v) is 20.1. The van der Waals surface area contributed by atoms with Crippen LogP contribution >= 0.6 is 0 Å². The van der Waals surface area contributed by atoms with E-state index in [0.717, 1.165) is 34.5 Å². The molecule has 6 heteroatoms. The molecule has 6 nitrogen and oxygen atoms in total. The van der Waals surface area contributed by atoms with Crippen LogP contribution in [0, 0.1) is 0 Å². The summed E-state index contributed by atoms with van der Waals surface area (Å²) in [5, 5.41) is 0. The second-order valence-corrected chi connectivity index (χ2v) is 7.75. The van der Waals surface area contributed by atoms with E-state index in [1.165, 1.54) is 5.56 Å². The number of rotatable bonds is 9. The summed E-state index contributed by atoms with van der Waals surface area (Å²) in [5.41, 5.74) is 5.36. The van der Waals surface area contributed by atoms with Crippen molar-refractivity contribution in [1.82, 2.24) is 4.57 Å². The molecule has 0 spiro atoms. The first-order valence-electron chi connectivity index (χ1n) is 10.9. The second kappa shape index (κ2) is 10.3. The molecule has 0 aliphatic heterocycles. The number of methoxy groups -OCH3 is 5. The van der Waals surface area contributed by atoms with Gasteiger partial charge in [0.05, 0.1) is 35.5 Å². The maximum Gasteiger partial charge on any atom is 0.161 e. The van der Waals surface area contributed by atoms with Crippen LogP contribution in [-0.2, 0) is 6.54 Å². The molecular formula is C28H29NO5. The molecule has 4 rings (SSSR count). The van der Waals surface area contributed by atoms with Crippen LogP contribution in [0.2, 0.25) is 0 Å². The Balaban J connectivity index is 1.81. The third-order valence-corrected chi connectivity index (χ3v) is 5.79. The smallest absolute Gasteiger partial charge is 0.161 e. The van der Waals surface area contributed by atoms with Crippen LogP contribution < -0.4 is 23.7 Å². The predicted octanol–water partition coefficient (Wildman–Crippen LogP) is 5.91. The zero-order chi connectivity index (χ0) is 24.1. The summed E-state index contributed by atoms with van der Waals surface area (Å²) in [5.74, 6) is 3.59. The molecule has 0 radical (unpaired) electrons. The molecule has 0 saturated carbocycles. The Morgan fingerprint density at radius 3 is 1.41 bits per heavy atom. The van der Waals surface area contributed by atoms with Crippen LogP contribution in [0.1, 0.15) is 5.56 Å². The van der Waals surface area contributed by atoms with Crippen molar-refractivity contribution in [2.24, 2.45) is 0 Å². The van der Waals surface area contributed by atoms with Crippen LogP contribution in [0.25, 0.3) is 22.3 Å². The summed E-state index contributed by atoms with van der Waals surface area (Å²) in [4.78, 5) is 0. The lowest BCUT2D eigenvalue weighted by Gasteiger charge is -2.12. The van der Waals surface area contributed by atoms with Crippen LogP contribution in [0.4, 0.5) is 0 Å². The average molecular weight is 460 g/mol. The predicted molar refractivity (Wildman–Crippen MR) is 134 cm³/mol. The normalized spacial score (nSPS) is 10.6. The second-order valence-electron chi connectivity index (χ2n) is 7.75. The highest BCUT2D eigenvalue weighted by Gasteiger charge is 2.16. The van der Waals surface area contributed by atoms with E-state index in [2.05, 4.69) is 29.1 Å². The molecule has 3 aromatic carbocycles. The molecule has 34 heavy (non-hydrogen) atoms. The quantitative estimate of drug-likeness (QED) is 0.311. The van der Waals surface area contributed by atoms with E-state index < -0.39 is 0 Å². The van der Waals surface area contributed by atoms with E-state index in [0.29, 0.717) is 23.0 Å². The van der Waals surface area contributed by atoms with E-state index in [-0.39, 0.29) is 0 Å². The Kier molecular flexibility index (Phi) is 6.97. The highest BCUT2D eigenvalue weighted by molar-refractivity contribution is 5.85. The van der Waals surface area contributed by atoms with Crippen LogP contribution in [-0.4, -0.2) is 40.1 Å². The molecule has 1 heterocycles. The lowest BCUT2D eigenvalue weighted by Crippen LogP contribution is -1.96. The van der Waals surface area contributed by atoms with Gasteiger partial charge >= 0.3 is 0 Å². The molecule has 0 aliphatic rings. The lowest BCUT2D eigenvalue weighted by atomic mass is 9.98. The summed E-state index contributed by atoms with van der Waals surface area (Å²) in [6.07, 6.45) is 4.30. The van der Waals surface area contributed by atoms with Gasteiger partial charge in [-0.25, -0.2) is 0 Å². The van der Waals surface area contributed by atoms with Gasteiger partial charge in [-0.15, -0.1) is 0 Å². The van der Waals surface area contributed by atoms with E-state index in [4.69, 9.17) is 23.7 Å². The van der Waals surface area contributed by atoms with Crippen molar-refractivity contribution in [3.63, 3.8) is 0 Å². The van der Waals surface area contributed by atoms with Crippen molar-refractivity contribution in [3.8, 4) is 51.0 Å². The third kappa shape index (κ3) is 4.66. The monoisotopic (exact) mass is 459 g/mol. The van der Waals surface area contributed by atoms with E-state index in [1.807, 2.05) is 48.5 Å². The van der Waals surface area contributed by atoms with Crippen molar-refractivity contribution < 1.29 is 23.7 Å². The fourth-order valence-corrected chi connectivity index (χ4v) is 4.01. The van der Waals surface area contributed by atoms with Gasteiger partial charge in [0.15, 0.2) is 23.0 Å². The zero-order valence-electron chi connectivity index (χ0n) is 20.1. The largest absolute Gasteiger partial charge is 0.497 e. The van der Waals surface area contributed by atoms with Gasteiger partial charge in [0, 0.05) is 30.1 Å². The van der Waals surface area contributed by atoms with Gasteiger partial charge in [-0.1, -0.05) is 24.3 Å². The first kappa shape index (κ1) is 23.1. The van der Waals surface area contributed by atoms with Gasteiger partial charge in [-0.2, -0.15) is 0 Å². The summed E-state index contributed by atoms with van der Waals surface area (Å²) < 4.78 is 29.4. The topological polar surface area (TPSA) is 51.1 Å². The molecule has 0 saturated heterocycles. The molecule has 0 N–H and O–H groups in total. The molecular weight excluding hydrogens is 430 g/mol. The fraction of sp³-hybridized carbons (Fsp3) is 0.214. The highest BCUT2D eigenvalue weighted by atomic mass is 16.5. The summed E-state index contributed by atoms with van der Waals surface area (Å²) in [6, 6.07) is 20.0. The number of hydrogen-bond donors (Lipinski definition) is 0. The maximum absolute atomic E-state index is 5.55. The number of ether oxygens (including phenoxy) is 5. The van der Waals surface area contributed by atoms with Gasteiger partial charge in [0.1, 0.15) is 5.75 Å². The molecule has 4 aromatic rings. The molecule has 0 atom stereocenters. The summed E-state index contributed by atoms with van der Waals surface area (Å²) >= 11 is 0. The number of nitrogens with zero attached hydrogens (tertiary/aromatic N) is 1. The Hall–Kier alpha value is -4.06. The van der Waals surface area contributed by atoms with E-state index in [9.17, 15) is 0 Å². The number of aromatic nitrogens is 1. The van der Waals surface area contributed by atoms with Crippen LogP contribution in [0.3, 0.4) is 0 Å². The fourth-order valence-electron chi connectivity index (χ4n) is 4.01. The van der Waals surface area contributed by atoms with Gasteiger partial charge in [0.2, 0.25) is 0 Å². The highest BCUT2D eigenvalue weighted by Crippen LogP contribution is 2.40. The van der Waals surface area contributed by atoms with E-state index in [1.54, 1.807) is 35.5 Å². The van der Waals surface area contributed by atoms with Gasteiger partial charge in [-0.3, -0.25) is 0 Å². The first-order chi connectivity index (χ1) is 16.6. The summed E-state index contributed by atoms with van der Waals surface area (Å²) in [7, 11) is 8.24. The Morgan fingerprint density at radius 1 is 0.529 bits per heavy atom. The van der Waals surface area contributed by atoms with E-state index >= 15 is 0 Å². The van der Waals surface area contributed by atoms with Gasteiger partial charge in [0.25, 0.3) is 0 Å². The van der Waals surface area contributed by atoms with Crippen molar-refractivity contribution in [2.75, 3.05) is 35.5 Å². The number of benzene rings is 3. The lowest BCUT2D eigenvalue weighted by molar-refractivity contribution is 0.355. The molecule has 0 aliphatic carbocycles. The standard InChI is InChI=1S/C28H29NO5/c1-30-22-10-6-19(7-11-22)16-29-17-23(20-8-12-25(31-2)27(14-20)33-4)24(18-29)21-9-13-26(32-3)28(15-21)34-5/h6-15,17-18H,16H2,1-5H3. The molecule has 0 unspecified atom stereocenters. The molecule has 0 amide bonds. The molecule has 1 aromatic heterocycles. The van der Waals surface area contributed by atoms with Gasteiger partial charge in [-0.05, 0) is 53.1 Å². The molecule has 0 fully saturated rings. The van der Waals surface area contributed by atoms with Crippen LogP contribution in [0.5, 0.6) is 28.7 Å². The minimum absolute atomic E-state index is 0.682. The summed E-state index contributed by atoms with van der Waals surface area (Å²) in [6.45, 7) is 0.720. The van der Waals surface area contributed by atoms with Gasteiger partial charge < -0.3 is 28.3 Å². The minimum Gasteiger partial charge on any atom is -0.497 e. The van der Waals surface area contributed by atoms with Crippen molar-refractivity contribution >= 4 is 0 Å². The number of hydrogen-bond acceptors (Lipinski definition) is 5. The van der Waals surface area contributed by atoms with Crippen molar-refractivity contribution in [3.05, 3.63) is 78.6 Å². The van der Waals surface area contributed by atoms with Crippen molar-refractivity contribution in [2.45, 2.75) is 6.54 Å². The Bertz CT molecular complexity index is 1190. The maximum atomic E-state index is 5.55. The Morgan fingerprint density at radius 2 is 1.00 bits per heavy atom. The SMILES string of the molecule is COc1ccc(Cn2cc(-c3ccc(OC)c(OC)c3)c(-c3ccc(OC)c(OC)c3)c2)cc1.